The third-order valence-electron chi connectivity index (χ3n) is 8.10. The molecule has 12 heteroatoms. The van der Waals surface area contributed by atoms with Crippen LogP contribution in [0.15, 0.2) is 109 Å². The van der Waals surface area contributed by atoms with Crippen LogP contribution in [0.25, 0.3) is 11.1 Å². The van der Waals surface area contributed by atoms with Crippen molar-refractivity contribution in [3.8, 4) is 16.9 Å². The Kier molecular flexibility index (Phi) is 11.5. The Morgan fingerprint density at radius 2 is 1.31 bits per heavy atom. The smallest absolute Gasteiger partial charge is 0.323 e. The minimum atomic E-state index is -1.23. The van der Waals surface area contributed by atoms with E-state index in [0.29, 0.717) is 16.7 Å². The van der Waals surface area contributed by atoms with Crippen LogP contribution in [0.2, 0.25) is 0 Å². The first-order valence-electron chi connectivity index (χ1n) is 16.0. The number of carbonyl (C=O) groups excluding carboxylic acids is 3. The lowest BCUT2D eigenvalue weighted by molar-refractivity contribution is -0.137. The van der Waals surface area contributed by atoms with Gasteiger partial charge in [-0.1, -0.05) is 66.2 Å². The number of carbonyl (C=O) groups is 4. The second kappa shape index (κ2) is 16.3. The lowest BCUT2D eigenvalue weighted by atomic mass is 10.0. The summed E-state index contributed by atoms with van der Waals surface area (Å²) in [5, 5.41) is 23.0. The Labute approximate surface area is 298 Å². The summed E-state index contributed by atoms with van der Waals surface area (Å²) in [5.41, 5.74) is 4.45. The number of ether oxygens (including phenoxy) is 1. The molecule has 0 saturated heterocycles. The summed E-state index contributed by atoms with van der Waals surface area (Å²) in [4.78, 5) is 51.4. The lowest BCUT2D eigenvalue weighted by Crippen LogP contribution is -2.35. The van der Waals surface area contributed by atoms with E-state index < -0.39 is 53.9 Å². The molecule has 264 valence electrons. The normalized spacial score (nSPS) is 10.6. The van der Waals surface area contributed by atoms with Gasteiger partial charge in [0.1, 0.15) is 29.8 Å². The maximum Gasteiger partial charge on any atom is 0.323 e. The molecule has 0 aliphatic heterocycles. The number of amides is 3. The van der Waals surface area contributed by atoms with Crippen molar-refractivity contribution in [1.82, 2.24) is 10.2 Å². The van der Waals surface area contributed by atoms with E-state index in [1.807, 2.05) is 43.3 Å². The molecule has 4 N–H and O–H groups in total. The molecule has 5 aromatic rings. The number of nitrogens with zero attached hydrogens (tertiary/aromatic N) is 1. The largest absolute Gasteiger partial charge is 0.497 e. The van der Waals surface area contributed by atoms with Gasteiger partial charge in [-0.3, -0.25) is 24.6 Å². The molecule has 0 radical (unpaired) electrons. The van der Waals surface area contributed by atoms with Gasteiger partial charge in [0.15, 0.2) is 0 Å². The van der Waals surface area contributed by atoms with Gasteiger partial charge in [-0.2, -0.15) is 0 Å². The number of hydrogen-bond donors (Lipinski definition) is 4. The maximum atomic E-state index is 14.3. The summed E-state index contributed by atoms with van der Waals surface area (Å²) in [5.74, 6) is -4.99. The number of rotatable bonds is 12. The molecule has 0 unspecified atom stereocenters. The van der Waals surface area contributed by atoms with Gasteiger partial charge in [0, 0.05) is 46.6 Å². The quantitative estimate of drug-likeness (QED) is 0.0849. The van der Waals surface area contributed by atoms with Gasteiger partial charge in [0.2, 0.25) is 5.91 Å². The molecule has 5 rings (SSSR count). The minimum Gasteiger partial charge on any atom is -0.497 e. The van der Waals surface area contributed by atoms with Crippen LogP contribution in [0.3, 0.4) is 0 Å². The van der Waals surface area contributed by atoms with E-state index in [0.717, 1.165) is 33.7 Å². The fourth-order valence-corrected chi connectivity index (χ4v) is 5.29. The number of amidine groups is 1. The van der Waals surface area contributed by atoms with Crippen molar-refractivity contribution in [3.05, 3.63) is 154 Å². The molecule has 0 aromatic heterocycles. The number of hydrogen-bond acceptors (Lipinski definition) is 6. The number of carboxylic acids is 1. The number of benzene rings is 5. The van der Waals surface area contributed by atoms with Crippen molar-refractivity contribution in [2.24, 2.45) is 0 Å². The third-order valence-corrected chi connectivity index (χ3v) is 8.10. The molecule has 0 spiro atoms. The lowest BCUT2D eigenvalue weighted by Gasteiger charge is -2.21. The van der Waals surface area contributed by atoms with E-state index in [4.69, 9.17) is 10.1 Å². The van der Waals surface area contributed by atoms with E-state index in [2.05, 4.69) is 10.6 Å². The maximum absolute atomic E-state index is 14.3. The van der Waals surface area contributed by atoms with E-state index in [-0.39, 0.29) is 29.4 Å². The molecule has 0 heterocycles. The number of methoxy groups -OCH3 is 1. The molecule has 10 nitrogen and oxygen atoms in total. The number of carboxylic acid groups (broad SMARTS) is 1. The number of anilines is 1. The molecule has 52 heavy (non-hydrogen) atoms. The Bertz CT molecular complexity index is 2100. The van der Waals surface area contributed by atoms with Gasteiger partial charge in [0.05, 0.1) is 13.5 Å². The highest BCUT2D eigenvalue weighted by Crippen LogP contribution is 2.23. The van der Waals surface area contributed by atoms with Crippen LogP contribution in [0, 0.1) is 24.0 Å². The summed E-state index contributed by atoms with van der Waals surface area (Å²) in [6, 6.07) is 29.1. The van der Waals surface area contributed by atoms with Crippen LogP contribution < -0.4 is 15.4 Å². The van der Waals surface area contributed by atoms with Gasteiger partial charge < -0.3 is 25.4 Å². The average molecular weight is 705 g/mol. The molecule has 0 bridgehead atoms. The van der Waals surface area contributed by atoms with Crippen molar-refractivity contribution >= 4 is 35.2 Å². The number of aliphatic carboxylic acids is 1. The van der Waals surface area contributed by atoms with Gasteiger partial charge in [-0.05, 0) is 60.0 Å². The summed E-state index contributed by atoms with van der Waals surface area (Å²) in [6.45, 7) is 1.33. The Hall–Kier alpha value is -6.69. The van der Waals surface area contributed by atoms with Crippen LogP contribution in [0.4, 0.5) is 14.5 Å². The summed E-state index contributed by atoms with van der Waals surface area (Å²) in [6.07, 6.45) is -0.581. The monoisotopic (exact) mass is 704 g/mol. The zero-order valence-electron chi connectivity index (χ0n) is 28.2. The van der Waals surface area contributed by atoms with E-state index >= 15 is 0 Å². The zero-order chi connectivity index (χ0) is 37.4. The molecule has 0 atom stereocenters. The second-order valence-electron chi connectivity index (χ2n) is 11.9. The highest BCUT2D eigenvalue weighted by Gasteiger charge is 2.20. The van der Waals surface area contributed by atoms with Crippen molar-refractivity contribution in [1.29, 1.82) is 5.41 Å². The van der Waals surface area contributed by atoms with Crippen molar-refractivity contribution in [3.63, 3.8) is 0 Å². The van der Waals surface area contributed by atoms with Gasteiger partial charge in [0.25, 0.3) is 11.8 Å². The molecule has 0 aliphatic carbocycles. The van der Waals surface area contributed by atoms with Crippen LogP contribution in [0.1, 0.15) is 43.0 Å². The summed E-state index contributed by atoms with van der Waals surface area (Å²) < 4.78 is 33.4. The molecule has 3 amide bonds. The van der Waals surface area contributed by atoms with Crippen LogP contribution in [0.5, 0.6) is 5.75 Å². The van der Waals surface area contributed by atoms with Crippen molar-refractivity contribution in [2.75, 3.05) is 19.0 Å². The molecule has 0 saturated carbocycles. The van der Waals surface area contributed by atoms with Gasteiger partial charge in [-0.15, -0.1) is 0 Å². The van der Waals surface area contributed by atoms with Crippen molar-refractivity contribution < 1.29 is 37.8 Å². The van der Waals surface area contributed by atoms with Gasteiger partial charge >= 0.3 is 5.97 Å². The predicted molar refractivity (Wildman–Crippen MR) is 191 cm³/mol. The Balaban J connectivity index is 1.18. The first kappa shape index (κ1) is 36.6. The predicted octanol–water partition coefficient (Wildman–Crippen LogP) is 6.61. The fourth-order valence-electron chi connectivity index (χ4n) is 5.29. The topological polar surface area (TPSA) is 149 Å². The van der Waals surface area contributed by atoms with E-state index in [9.17, 15) is 33.1 Å². The van der Waals surface area contributed by atoms with E-state index in [1.54, 1.807) is 36.4 Å². The molecule has 0 aliphatic rings. The standard InChI is InChI=1S/C40H34F2N4O6/c1-24-3-7-26(8-4-24)27-11-13-29(14-12-27)39(50)45-38(43)28-9-5-25(6-10-28)22-46(23-37(48)49)40(51)30-15-17-31(18-16-30)44-36(47)21-33-34(41)19-32(52-2)20-35(33)42/h3-20H,21-23H2,1-2H3,(H,44,47)(H,48,49)(H2,43,45,50). The van der Waals surface area contributed by atoms with Crippen LogP contribution in [-0.4, -0.2) is 53.2 Å². The Morgan fingerprint density at radius 3 is 1.87 bits per heavy atom. The van der Waals surface area contributed by atoms with Crippen molar-refractivity contribution in [2.45, 2.75) is 19.9 Å². The SMILES string of the molecule is COc1cc(F)c(CC(=O)Nc2ccc(C(=O)N(CC(=O)O)Cc3ccc(C(=N)NC(=O)c4ccc(-c5ccc(C)cc5)cc4)cc3)cc2)c(F)c1. The highest BCUT2D eigenvalue weighted by molar-refractivity contribution is 6.11. The molecular formula is C40H34F2N4O6. The number of halogens is 2. The minimum absolute atomic E-state index is 0.0216. The molecule has 5 aromatic carbocycles. The first-order valence-corrected chi connectivity index (χ1v) is 16.0. The average Bonchev–Trinajstić information content (AvgIpc) is 3.13. The Morgan fingerprint density at radius 1 is 0.769 bits per heavy atom. The van der Waals surface area contributed by atoms with Crippen LogP contribution >= 0.6 is 0 Å². The first-order chi connectivity index (χ1) is 24.9. The summed E-state index contributed by atoms with van der Waals surface area (Å²) >= 11 is 0. The van der Waals surface area contributed by atoms with E-state index in [1.165, 1.54) is 31.4 Å². The zero-order valence-corrected chi connectivity index (χ0v) is 28.2. The third kappa shape index (κ3) is 9.30. The molecule has 0 fully saturated rings. The fraction of sp³-hybridized carbons (Fsp3) is 0.125. The summed E-state index contributed by atoms with van der Waals surface area (Å²) in [7, 11) is 1.26. The number of nitrogens with one attached hydrogen (secondary N) is 3. The van der Waals surface area contributed by atoms with Crippen LogP contribution in [-0.2, 0) is 22.6 Å². The molecular weight excluding hydrogens is 670 g/mol. The second-order valence-corrected chi connectivity index (χ2v) is 11.9. The number of aryl methyl sites for hydroxylation is 1. The highest BCUT2D eigenvalue weighted by atomic mass is 19.1. The van der Waals surface area contributed by atoms with Gasteiger partial charge in [-0.25, -0.2) is 8.78 Å².